The second-order valence-electron chi connectivity index (χ2n) is 5.99. The van der Waals surface area contributed by atoms with Gasteiger partial charge in [0.15, 0.2) is 0 Å². The molecular formula is C21H23NO5. The quantitative estimate of drug-likeness (QED) is 0.663. The van der Waals surface area contributed by atoms with Crippen LogP contribution in [0.1, 0.15) is 36.8 Å². The lowest BCUT2D eigenvalue weighted by Crippen LogP contribution is -2.45. The Morgan fingerprint density at radius 2 is 1.44 bits per heavy atom. The maximum Gasteiger partial charge on any atom is 0.327 e. The van der Waals surface area contributed by atoms with Crippen LogP contribution >= 0.6 is 0 Å². The van der Waals surface area contributed by atoms with Gasteiger partial charge in [-0.15, -0.1) is 0 Å². The number of benzene rings is 2. The Bertz CT molecular complexity index is 721. The molecule has 27 heavy (non-hydrogen) atoms. The molecule has 0 spiro atoms. The number of hydrogen-bond acceptors (Lipinski definition) is 4. The van der Waals surface area contributed by atoms with Crippen molar-refractivity contribution in [3.05, 3.63) is 71.8 Å². The molecule has 2 aromatic carbocycles. The minimum atomic E-state index is -1.16. The Labute approximate surface area is 158 Å². The molecule has 0 aliphatic heterocycles. The van der Waals surface area contributed by atoms with Gasteiger partial charge in [-0.1, -0.05) is 60.7 Å². The fourth-order valence-corrected chi connectivity index (χ4v) is 2.88. The number of aliphatic carboxylic acids is 1. The van der Waals surface area contributed by atoms with Crippen LogP contribution in [0.4, 0.5) is 0 Å². The summed E-state index contributed by atoms with van der Waals surface area (Å²) in [5.41, 5.74) is 1.56. The van der Waals surface area contributed by atoms with E-state index in [0.29, 0.717) is 0 Å². The highest BCUT2D eigenvalue weighted by Crippen LogP contribution is 2.28. The maximum absolute atomic E-state index is 12.3. The zero-order valence-corrected chi connectivity index (χ0v) is 15.1. The summed E-state index contributed by atoms with van der Waals surface area (Å²) in [6.45, 7) is 1.92. The zero-order chi connectivity index (χ0) is 19.6. The van der Waals surface area contributed by atoms with Gasteiger partial charge in [-0.2, -0.15) is 0 Å². The van der Waals surface area contributed by atoms with Crippen LogP contribution in [-0.2, 0) is 19.1 Å². The lowest BCUT2D eigenvalue weighted by atomic mass is 9.85. The lowest BCUT2D eigenvalue weighted by molar-refractivity contribution is -0.145. The minimum Gasteiger partial charge on any atom is -0.480 e. The van der Waals surface area contributed by atoms with Crippen molar-refractivity contribution < 1.29 is 24.2 Å². The number of nitrogens with one attached hydrogen (secondary N) is 1. The van der Waals surface area contributed by atoms with E-state index in [4.69, 9.17) is 4.74 Å². The van der Waals surface area contributed by atoms with Crippen molar-refractivity contribution in [3.63, 3.8) is 0 Å². The standard InChI is InChI=1S/C21H23NO5/c1-2-27-18(24)14-13-17(23)22-20(21(25)26)19(15-9-5-3-6-10-15)16-11-7-4-8-12-16/h3-12,19-20H,2,13-14H2,1H3,(H,22,23)(H,25,26)/t20-/m0/s1. The average molecular weight is 369 g/mol. The number of carbonyl (C=O) groups is 3. The first-order valence-corrected chi connectivity index (χ1v) is 8.80. The molecule has 142 valence electrons. The Kier molecular flexibility index (Phi) is 7.55. The van der Waals surface area contributed by atoms with E-state index in [1.54, 1.807) is 6.92 Å². The van der Waals surface area contributed by atoms with E-state index >= 15 is 0 Å². The highest BCUT2D eigenvalue weighted by Gasteiger charge is 2.32. The molecule has 0 radical (unpaired) electrons. The zero-order valence-electron chi connectivity index (χ0n) is 15.1. The first-order valence-electron chi connectivity index (χ1n) is 8.80. The molecule has 2 N–H and O–H groups in total. The summed E-state index contributed by atoms with van der Waals surface area (Å²) in [5, 5.41) is 12.3. The highest BCUT2D eigenvalue weighted by molar-refractivity contribution is 5.86. The molecule has 0 heterocycles. The van der Waals surface area contributed by atoms with Crippen LogP contribution in [0.5, 0.6) is 0 Å². The SMILES string of the molecule is CCOC(=O)CCC(=O)N[C@H](C(=O)O)C(c1ccccc1)c1ccccc1. The summed E-state index contributed by atoms with van der Waals surface area (Å²) >= 11 is 0. The highest BCUT2D eigenvalue weighted by atomic mass is 16.5. The topological polar surface area (TPSA) is 92.7 Å². The lowest BCUT2D eigenvalue weighted by Gasteiger charge is -2.26. The van der Waals surface area contributed by atoms with E-state index in [0.717, 1.165) is 11.1 Å². The van der Waals surface area contributed by atoms with Gasteiger partial charge < -0.3 is 15.2 Å². The minimum absolute atomic E-state index is 0.0899. The van der Waals surface area contributed by atoms with Crippen LogP contribution in [0.15, 0.2) is 60.7 Å². The summed E-state index contributed by atoms with van der Waals surface area (Å²) in [7, 11) is 0. The van der Waals surface area contributed by atoms with Crippen LogP contribution in [0.2, 0.25) is 0 Å². The van der Waals surface area contributed by atoms with E-state index < -0.39 is 29.8 Å². The normalized spacial score (nSPS) is 11.6. The molecule has 0 saturated heterocycles. The number of amides is 1. The Morgan fingerprint density at radius 3 is 1.89 bits per heavy atom. The molecule has 2 aromatic rings. The first-order chi connectivity index (χ1) is 13.0. The second kappa shape index (κ2) is 10.1. The van der Waals surface area contributed by atoms with Crippen LogP contribution in [0.25, 0.3) is 0 Å². The predicted octanol–water partition coefficient (Wildman–Crippen LogP) is 2.73. The Hall–Kier alpha value is -3.15. The number of rotatable bonds is 9. The Balaban J connectivity index is 2.23. The van der Waals surface area contributed by atoms with Crippen molar-refractivity contribution >= 4 is 17.8 Å². The first kappa shape index (κ1) is 20.2. The number of hydrogen-bond donors (Lipinski definition) is 2. The Morgan fingerprint density at radius 1 is 0.926 bits per heavy atom. The predicted molar refractivity (Wildman–Crippen MR) is 100 cm³/mol. The summed E-state index contributed by atoms with van der Waals surface area (Å²) in [6.07, 6.45) is -0.216. The molecular weight excluding hydrogens is 346 g/mol. The van der Waals surface area contributed by atoms with Gasteiger partial charge in [-0.3, -0.25) is 9.59 Å². The van der Waals surface area contributed by atoms with Gasteiger partial charge in [0.05, 0.1) is 13.0 Å². The second-order valence-corrected chi connectivity index (χ2v) is 5.99. The van der Waals surface area contributed by atoms with Crippen LogP contribution in [0.3, 0.4) is 0 Å². The molecule has 0 unspecified atom stereocenters. The number of esters is 1. The largest absolute Gasteiger partial charge is 0.480 e. The van der Waals surface area contributed by atoms with E-state index in [1.165, 1.54) is 0 Å². The summed E-state index contributed by atoms with van der Waals surface area (Å²) in [5.74, 6) is -2.69. The molecule has 2 rings (SSSR count). The van der Waals surface area contributed by atoms with Crippen molar-refractivity contribution in [2.45, 2.75) is 31.7 Å². The number of carbonyl (C=O) groups excluding carboxylic acids is 2. The van der Waals surface area contributed by atoms with Gasteiger partial charge in [0.2, 0.25) is 5.91 Å². The molecule has 0 aliphatic rings. The van der Waals surface area contributed by atoms with Crippen LogP contribution < -0.4 is 5.32 Å². The molecule has 0 bridgehead atoms. The molecule has 6 heteroatoms. The molecule has 1 amide bonds. The molecule has 0 aliphatic carbocycles. The van der Waals surface area contributed by atoms with E-state index in [2.05, 4.69) is 5.32 Å². The van der Waals surface area contributed by atoms with Gasteiger partial charge in [0, 0.05) is 12.3 Å². The van der Waals surface area contributed by atoms with Crippen LogP contribution in [-0.4, -0.2) is 35.6 Å². The van der Waals surface area contributed by atoms with Crippen molar-refractivity contribution in [1.29, 1.82) is 0 Å². The molecule has 0 fully saturated rings. The van der Waals surface area contributed by atoms with Crippen molar-refractivity contribution in [3.8, 4) is 0 Å². The molecule has 1 atom stereocenters. The van der Waals surface area contributed by atoms with E-state index in [-0.39, 0.29) is 19.4 Å². The average Bonchev–Trinajstić information content (AvgIpc) is 2.68. The molecule has 0 saturated carbocycles. The van der Waals surface area contributed by atoms with Gasteiger partial charge >= 0.3 is 11.9 Å². The number of ether oxygens (including phenoxy) is 1. The third-order valence-electron chi connectivity index (χ3n) is 4.09. The van der Waals surface area contributed by atoms with Gasteiger partial charge in [0.1, 0.15) is 6.04 Å². The van der Waals surface area contributed by atoms with Crippen molar-refractivity contribution in [2.24, 2.45) is 0 Å². The van der Waals surface area contributed by atoms with Gasteiger partial charge in [-0.05, 0) is 18.1 Å². The fraction of sp³-hybridized carbons (Fsp3) is 0.286. The summed E-state index contributed by atoms with van der Waals surface area (Å²) < 4.78 is 4.80. The molecule has 6 nitrogen and oxygen atoms in total. The van der Waals surface area contributed by atoms with E-state index in [9.17, 15) is 19.5 Å². The maximum atomic E-state index is 12.3. The van der Waals surface area contributed by atoms with Crippen LogP contribution in [0, 0.1) is 0 Å². The molecule has 0 aromatic heterocycles. The number of carboxylic acid groups (broad SMARTS) is 1. The van der Waals surface area contributed by atoms with Crippen molar-refractivity contribution in [2.75, 3.05) is 6.61 Å². The van der Waals surface area contributed by atoms with E-state index in [1.807, 2.05) is 60.7 Å². The smallest absolute Gasteiger partial charge is 0.327 e. The van der Waals surface area contributed by atoms with Gasteiger partial charge in [0.25, 0.3) is 0 Å². The fourth-order valence-electron chi connectivity index (χ4n) is 2.88. The summed E-state index contributed by atoms with van der Waals surface area (Å²) in [4.78, 5) is 35.6. The third kappa shape index (κ3) is 5.95. The third-order valence-corrected chi connectivity index (χ3v) is 4.09. The summed E-state index contributed by atoms with van der Waals surface area (Å²) in [6, 6.07) is 17.2. The van der Waals surface area contributed by atoms with Gasteiger partial charge in [-0.25, -0.2) is 4.79 Å². The number of carboxylic acids is 1. The van der Waals surface area contributed by atoms with Crippen molar-refractivity contribution in [1.82, 2.24) is 5.32 Å². The monoisotopic (exact) mass is 369 g/mol.